The van der Waals surface area contributed by atoms with Crippen molar-refractivity contribution in [1.82, 2.24) is 35.6 Å². The lowest BCUT2D eigenvalue weighted by Gasteiger charge is -2.43. The molecule has 1 N–H and O–H groups in total. The van der Waals surface area contributed by atoms with Crippen molar-refractivity contribution in [2.24, 2.45) is 0 Å². The Bertz CT molecular complexity index is 1800. The van der Waals surface area contributed by atoms with Gasteiger partial charge in [0.05, 0.1) is 60.3 Å². The number of ether oxygens (including phenoxy) is 2. The van der Waals surface area contributed by atoms with Gasteiger partial charge in [0.25, 0.3) is 5.95 Å². The number of H-pyrrole nitrogens is 1. The molecule has 14 nitrogen and oxygen atoms in total. The summed E-state index contributed by atoms with van der Waals surface area (Å²) < 4.78 is 94.4. The first-order chi connectivity index (χ1) is 24.8. The first-order valence-electron chi connectivity index (χ1n) is 16.4. The molecule has 3 aromatic heterocycles. The van der Waals surface area contributed by atoms with E-state index in [-0.39, 0.29) is 42.2 Å². The predicted octanol–water partition coefficient (Wildman–Crippen LogP) is 5.65. The third-order valence-corrected chi connectivity index (χ3v) is 8.98. The number of carbonyl (C=O) groups excluding carboxylic acids is 1. The van der Waals surface area contributed by atoms with Crippen molar-refractivity contribution in [3.63, 3.8) is 0 Å². The zero-order chi connectivity index (χ0) is 37.2. The Labute approximate surface area is 293 Å². The van der Waals surface area contributed by atoms with Gasteiger partial charge in [-0.15, -0.1) is 5.10 Å². The van der Waals surface area contributed by atoms with Gasteiger partial charge in [0.1, 0.15) is 0 Å². The third kappa shape index (κ3) is 7.59. The molecule has 2 atom stereocenters. The summed E-state index contributed by atoms with van der Waals surface area (Å²) >= 11 is 0. The molecule has 2 aliphatic heterocycles. The van der Waals surface area contributed by atoms with Crippen LogP contribution in [-0.2, 0) is 23.6 Å². The first kappa shape index (κ1) is 36.4. The Balaban J connectivity index is 1.42. The summed E-state index contributed by atoms with van der Waals surface area (Å²) in [6.07, 6.45) is -7.02. The SMILES string of the molecule is CCOC(=O)N1c2ccc(OC)nc2[C@@H](N(Cc2cc(C(F)(F)F)cc(C(F)(F)F)c2)c2ncc(N3CCN(c4nn[nH]n4)CC3)cn2)C[C@H]1CC. The molecular formula is C32H35F6N11O3. The number of pyridine rings is 1. The van der Waals surface area contributed by atoms with E-state index >= 15 is 0 Å². The highest BCUT2D eigenvalue weighted by atomic mass is 19.4. The van der Waals surface area contributed by atoms with E-state index in [1.165, 1.54) is 16.9 Å². The van der Waals surface area contributed by atoms with Crippen molar-refractivity contribution in [2.75, 3.05) is 59.5 Å². The molecule has 20 heteroatoms. The number of aromatic amines is 1. The molecule has 1 aromatic carbocycles. The lowest BCUT2D eigenvalue weighted by atomic mass is 9.92. The lowest BCUT2D eigenvalue weighted by Crippen LogP contribution is -2.48. The second-order valence-electron chi connectivity index (χ2n) is 12.1. The van der Waals surface area contributed by atoms with Crippen LogP contribution in [0.25, 0.3) is 0 Å². The summed E-state index contributed by atoms with van der Waals surface area (Å²) in [5.41, 5.74) is -1.89. The van der Waals surface area contributed by atoms with Crippen molar-refractivity contribution < 1.29 is 40.6 Å². The average Bonchev–Trinajstić information content (AvgIpc) is 3.68. The Morgan fingerprint density at radius 1 is 0.962 bits per heavy atom. The van der Waals surface area contributed by atoms with Gasteiger partial charge in [0.15, 0.2) is 0 Å². The minimum Gasteiger partial charge on any atom is -0.481 e. The summed E-state index contributed by atoms with van der Waals surface area (Å²) in [5.74, 6) is 0.673. The molecular weight excluding hydrogens is 700 g/mol. The van der Waals surface area contributed by atoms with E-state index < -0.39 is 48.2 Å². The number of hydrogen-bond donors (Lipinski definition) is 1. The van der Waals surface area contributed by atoms with Gasteiger partial charge in [-0.2, -0.15) is 31.6 Å². The number of halogens is 6. The lowest BCUT2D eigenvalue weighted by molar-refractivity contribution is -0.143. The molecule has 0 aliphatic carbocycles. The molecule has 0 spiro atoms. The molecule has 52 heavy (non-hydrogen) atoms. The van der Waals surface area contributed by atoms with E-state index in [0.717, 1.165) is 0 Å². The smallest absolute Gasteiger partial charge is 0.416 e. The number of aromatic nitrogens is 7. The fourth-order valence-corrected chi connectivity index (χ4v) is 6.46. The molecule has 6 rings (SSSR count). The highest BCUT2D eigenvalue weighted by Crippen LogP contribution is 2.44. The third-order valence-electron chi connectivity index (χ3n) is 8.98. The fraction of sp³-hybridized carbons (Fsp3) is 0.469. The summed E-state index contributed by atoms with van der Waals surface area (Å²) in [5, 5.41) is 14.0. The summed E-state index contributed by atoms with van der Waals surface area (Å²) in [6.45, 7) is 5.43. The number of nitrogens with one attached hydrogen (secondary N) is 1. The fourth-order valence-electron chi connectivity index (χ4n) is 6.46. The molecule has 1 saturated heterocycles. The van der Waals surface area contributed by atoms with Crippen LogP contribution >= 0.6 is 0 Å². The number of rotatable bonds is 9. The van der Waals surface area contributed by atoms with E-state index in [4.69, 9.17) is 9.47 Å². The van der Waals surface area contributed by atoms with Crippen LogP contribution in [0.2, 0.25) is 0 Å². The predicted molar refractivity (Wildman–Crippen MR) is 175 cm³/mol. The van der Waals surface area contributed by atoms with Gasteiger partial charge in [-0.3, -0.25) is 4.90 Å². The Morgan fingerprint density at radius 3 is 2.17 bits per heavy atom. The quantitative estimate of drug-likeness (QED) is 0.212. The second kappa shape index (κ2) is 14.7. The zero-order valence-electron chi connectivity index (χ0n) is 28.3. The number of nitrogens with zero attached hydrogens (tertiary/aromatic N) is 10. The highest BCUT2D eigenvalue weighted by molar-refractivity contribution is 5.90. The van der Waals surface area contributed by atoms with E-state index in [9.17, 15) is 31.1 Å². The monoisotopic (exact) mass is 735 g/mol. The average molecular weight is 736 g/mol. The Morgan fingerprint density at radius 2 is 1.62 bits per heavy atom. The molecule has 1 fully saturated rings. The molecule has 5 heterocycles. The minimum atomic E-state index is -5.05. The second-order valence-corrected chi connectivity index (χ2v) is 12.1. The number of anilines is 4. The zero-order valence-corrected chi connectivity index (χ0v) is 28.3. The van der Waals surface area contributed by atoms with Crippen LogP contribution in [0.4, 0.5) is 54.4 Å². The van der Waals surface area contributed by atoms with Gasteiger partial charge < -0.3 is 24.2 Å². The van der Waals surface area contributed by atoms with Crippen LogP contribution in [0.3, 0.4) is 0 Å². The number of hydrogen-bond acceptors (Lipinski definition) is 12. The van der Waals surface area contributed by atoms with Crippen LogP contribution in [0.1, 0.15) is 55.1 Å². The Hall–Kier alpha value is -5.43. The number of amides is 1. The molecule has 2 aliphatic rings. The maximum absolute atomic E-state index is 13.9. The normalized spacial score (nSPS) is 17.9. The molecule has 278 valence electrons. The van der Waals surface area contributed by atoms with Gasteiger partial charge in [0, 0.05) is 44.8 Å². The maximum Gasteiger partial charge on any atom is 0.416 e. The number of fused-ring (bicyclic) bond motifs is 1. The van der Waals surface area contributed by atoms with Crippen molar-refractivity contribution in [3.05, 3.63) is 65.1 Å². The number of benzene rings is 1. The highest BCUT2D eigenvalue weighted by Gasteiger charge is 2.42. The largest absolute Gasteiger partial charge is 0.481 e. The standard InChI is InChI=1S/C32H35F6N11O3/c1-4-22-15-25(27-24(6-7-26(41-27)51-3)49(22)30(50)52-5-2)48(18-19-12-20(31(33,34)35)14-21(13-19)32(36,37)38)28-39-16-23(17-40-28)46-8-10-47(11-9-46)29-42-44-45-43-29/h6-7,12-14,16-17,22,25H,4-5,8-11,15,18H2,1-3H3,(H,42,43,44,45)/t22-,25+/m1/s1. The Kier molecular flexibility index (Phi) is 10.3. The van der Waals surface area contributed by atoms with Crippen molar-refractivity contribution in [3.8, 4) is 5.88 Å². The number of carbonyl (C=O) groups is 1. The molecule has 0 bridgehead atoms. The van der Waals surface area contributed by atoms with Crippen LogP contribution in [0.15, 0.2) is 42.7 Å². The molecule has 4 aromatic rings. The van der Waals surface area contributed by atoms with Gasteiger partial charge in [0.2, 0.25) is 11.8 Å². The van der Waals surface area contributed by atoms with E-state index in [1.54, 1.807) is 31.5 Å². The minimum absolute atomic E-state index is 0.0279. The topological polar surface area (TPSA) is 142 Å². The van der Waals surface area contributed by atoms with Crippen molar-refractivity contribution in [2.45, 2.75) is 57.7 Å². The molecule has 0 saturated carbocycles. The van der Waals surface area contributed by atoms with Gasteiger partial charge >= 0.3 is 18.4 Å². The van der Waals surface area contributed by atoms with Gasteiger partial charge in [-0.05, 0) is 54.8 Å². The van der Waals surface area contributed by atoms with E-state index in [1.807, 2.05) is 16.7 Å². The summed E-state index contributed by atoms with van der Waals surface area (Å²) in [6, 6.07) is 3.32. The van der Waals surface area contributed by atoms with E-state index in [0.29, 0.717) is 62.1 Å². The molecule has 0 unspecified atom stereocenters. The number of alkyl halides is 6. The van der Waals surface area contributed by atoms with Crippen LogP contribution in [0, 0.1) is 0 Å². The summed E-state index contributed by atoms with van der Waals surface area (Å²) in [4.78, 5) is 34.0. The van der Waals surface area contributed by atoms with Crippen molar-refractivity contribution >= 4 is 29.4 Å². The van der Waals surface area contributed by atoms with Crippen LogP contribution < -0.4 is 24.3 Å². The van der Waals surface area contributed by atoms with Crippen molar-refractivity contribution in [1.29, 1.82) is 0 Å². The van der Waals surface area contributed by atoms with Gasteiger partial charge in [-0.1, -0.05) is 12.0 Å². The number of tetrazole rings is 1. The van der Waals surface area contributed by atoms with Crippen LogP contribution in [0.5, 0.6) is 5.88 Å². The number of methoxy groups -OCH3 is 1. The van der Waals surface area contributed by atoms with Crippen LogP contribution in [-0.4, -0.2) is 87.6 Å². The molecule has 0 radical (unpaired) electrons. The first-order valence-corrected chi connectivity index (χ1v) is 16.4. The number of piperazine rings is 1. The maximum atomic E-state index is 13.9. The van der Waals surface area contributed by atoms with E-state index in [2.05, 4.69) is 35.6 Å². The molecule has 1 amide bonds. The summed E-state index contributed by atoms with van der Waals surface area (Å²) in [7, 11) is 1.40. The van der Waals surface area contributed by atoms with Gasteiger partial charge in [-0.25, -0.2) is 19.7 Å².